The van der Waals surface area contributed by atoms with Crippen molar-refractivity contribution >= 4 is 11.3 Å². The van der Waals surface area contributed by atoms with Crippen molar-refractivity contribution in [1.29, 1.82) is 0 Å². The lowest BCUT2D eigenvalue weighted by molar-refractivity contribution is 0.121. The van der Waals surface area contributed by atoms with Gasteiger partial charge in [-0.25, -0.2) is 4.98 Å². The third kappa shape index (κ3) is 5.25. The minimum atomic E-state index is -0.185. The maximum absolute atomic E-state index is 5.93. The molecule has 1 heterocycles. The van der Waals surface area contributed by atoms with Crippen molar-refractivity contribution in [2.24, 2.45) is 5.73 Å². The Hall–Kier alpha value is -0.450. The van der Waals surface area contributed by atoms with Crippen molar-refractivity contribution in [2.45, 2.75) is 45.8 Å². The lowest BCUT2D eigenvalue weighted by Gasteiger charge is -2.16. The second kappa shape index (κ2) is 5.58. The van der Waals surface area contributed by atoms with E-state index in [1.807, 2.05) is 13.8 Å². The highest BCUT2D eigenvalue weighted by Crippen LogP contribution is 2.15. The molecule has 0 amide bonds. The first-order chi connectivity index (χ1) is 7.01. The summed E-state index contributed by atoms with van der Waals surface area (Å²) in [6.07, 6.45) is 1.87. The number of aromatic nitrogens is 1. The van der Waals surface area contributed by atoms with Crippen LogP contribution in [0.3, 0.4) is 0 Å². The van der Waals surface area contributed by atoms with Crippen LogP contribution in [-0.4, -0.2) is 17.1 Å². The van der Waals surface area contributed by atoms with Crippen molar-refractivity contribution in [3.63, 3.8) is 0 Å². The van der Waals surface area contributed by atoms with Gasteiger partial charge in [0.15, 0.2) is 0 Å². The van der Waals surface area contributed by atoms with Gasteiger partial charge in [0, 0.05) is 23.9 Å². The van der Waals surface area contributed by atoms with Crippen molar-refractivity contribution in [2.75, 3.05) is 6.61 Å². The van der Waals surface area contributed by atoms with Gasteiger partial charge < -0.3 is 10.5 Å². The van der Waals surface area contributed by atoms with Crippen LogP contribution < -0.4 is 5.73 Å². The minimum absolute atomic E-state index is 0.185. The first-order valence-electron chi connectivity index (χ1n) is 5.31. The van der Waals surface area contributed by atoms with E-state index in [1.165, 1.54) is 0 Å². The molecule has 0 saturated heterocycles. The van der Waals surface area contributed by atoms with Gasteiger partial charge in [-0.15, -0.1) is 11.3 Å². The van der Waals surface area contributed by atoms with Crippen LogP contribution in [0.2, 0.25) is 0 Å². The van der Waals surface area contributed by atoms with Gasteiger partial charge in [-0.2, -0.15) is 0 Å². The second-order valence-corrected chi connectivity index (χ2v) is 5.39. The van der Waals surface area contributed by atoms with Crippen molar-refractivity contribution in [1.82, 2.24) is 4.98 Å². The molecule has 0 saturated carbocycles. The molecule has 3 nitrogen and oxygen atoms in total. The standard InChI is InChI=1S/C11H20N2OS/c1-4-5-14-7-10-13-9(8-15-10)6-11(2,3)12/h8H,4-7,12H2,1-3H3. The van der Waals surface area contributed by atoms with E-state index in [0.717, 1.165) is 30.2 Å². The number of hydrogen-bond acceptors (Lipinski definition) is 4. The summed E-state index contributed by atoms with van der Waals surface area (Å²) in [7, 11) is 0. The van der Waals surface area contributed by atoms with Crippen LogP contribution in [0.25, 0.3) is 0 Å². The van der Waals surface area contributed by atoms with Crippen LogP contribution in [0.5, 0.6) is 0 Å². The third-order valence-electron chi connectivity index (χ3n) is 1.81. The molecule has 0 spiro atoms. The number of rotatable bonds is 6. The van der Waals surface area contributed by atoms with E-state index in [-0.39, 0.29) is 5.54 Å². The highest BCUT2D eigenvalue weighted by atomic mass is 32.1. The minimum Gasteiger partial charge on any atom is -0.374 e. The van der Waals surface area contributed by atoms with E-state index < -0.39 is 0 Å². The van der Waals surface area contributed by atoms with Gasteiger partial charge in [0.1, 0.15) is 5.01 Å². The average Bonchev–Trinajstić information content (AvgIpc) is 2.50. The molecule has 86 valence electrons. The summed E-state index contributed by atoms with van der Waals surface area (Å²) in [4.78, 5) is 4.48. The average molecular weight is 228 g/mol. The summed E-state index contributed by atoms with van der Waals surface area (Å²) in [6, 6.07) is 0. The fraction of sp³-hybridized carbons (Fsp3) is 0.727. The maximum atomic E-state index is 5.93. The molecule has 0 fully saturated rings. The fourth-order valence-electron chi connectivity index (χ4n) is 1.27. The lowest BCUT2D eigenvalue weighted by atomic mass is 10.0. The Morgan fingerprint density at radius 1 is 1.53 bits per heavy atom. The van der Waals surface area contributed by atoms with Crippen LogP contribution in [0, 0.1) is 0 Å². The Bertz CT molecular complexity index is 291. The molecular formula is C11H20N2OS. The van der Waals surface area contributed by atoms with E-state index in [0.29, 0.717) is 6.61 Å². The first kappa shape index (κ1) is 12.6. The highest BCUT2D eigenvalue weighted by Gasteiger charge is 2.13. The third-order valence-corrected chi connectivity index (χ3v) is 2.68. The first-order valence-corrected chi connectivity index (χ1v) is 6.19. The molecule has 0 unspecified atom stereocenters. The number of hydrogen-bond donors (Lipinski definition) is 1. The second-order valence-electron chi connectivity index (χ2n) is 4.45. The molecule has 0 bridgehead atoms. The summed E-state index contributed by atoms with van der Waals surface area (Å²) in [5.74, 6) is 0. The zero-order valence-electron chi connectivity index (χ0n) is 9.75. The largest absolute Gasteiger partial charge is 0.374 e. The maximum Gasteiger partial charge on any atom is 0.119 e. The molecule has 0 atom stereocenters. The topological polar surface area (TPSA) is 48.1 Å². The highest BCUT2D eigenvalue weighted by molar-refractivity contribution is 7.09. The Balaban J connectivity index is 2.42. The fourth-order valence-corrected chi connectivity index (χ4v) is 2.00. The van der Waals surface area contributed by atoms with Crippen molar-refractivity contribution < 1.29 is 4.74 Å². The molecule has 1 aromatic rings. The zero-order valence-corrected chi connectivity index (χ0v) is 10.6. The molecule has 0 aliphatic heterocycles. The molecular weight excluding hydrogens is 208 g/mol. The van der Waals surface area contributed by atoms with E-state index in [2.05, 4.69) is 17.3 Å². The molecule has 0 radical (unpaired) electrons. The quantitative estimate of drug-likeness (QED) is 0.760. The summed E-state index contributed by atoms with van der Waals surface area (Å²) in [5.41, 5.74) is 6.82. The lowest BCUT2D eigenvalue weighted by Crippen LogP contribution is -2.34. The Morgan fingerprint density at radius 3 is 2.87 bits per heavy atom. The van der Waals surface area contributed by atoms with Crippen LogP contribution in [-0.2, 0) is 17.8 Å². The Kier molecular flexibility index (Phi) is 4.70. The molecule has 0 aliphatic carbocycles. The van der Waals surface area contributed by atoms with E-state index in [4.69, 9.17) is 10.5 Å². The molecule has 1 rings (SSSR count). The van der Waals surface area contributed by atoms with Crippen LogP contribution in [0.1, 0.15) is 37.9 Å². The molecule has 0 aliphatic rings. The molecule has 1 aromatic heterocycles. The van der Waals surface area contributed by atoms with Crippen LogP contribution in [0.15, 0.2) is 5.38 Å². The monoisotopic (exact) mass is 228 g/mol. The molecule has 15 heavy (non-hydrogen) atoms. The SMILES string of the molecule is CCCOCc1nc(CC(C)(C)N)cs1. The molecule has 4 heteroatoms. The smallest absolute Gasteiger partial charge is 0.119 e. The summed E-state index contributed by atoms with van der Waals surface area (Å²) < 4.78 is 5.43. The summed E-state index contributed by atoms with van der Waals surface area (Å²) >= 11 is 1.65. The van der Waals surface area contributed by atoms with Gasteiger partial charge >= 0.3 is 0 Å². The number of nitrogens with two attached hydrogens (primary N) is 1. The van der Waals surface area contributed by atoms with Gasteiger partial charge in [-0.05, 0) is 20.3 Å². The number of nitrogens with zero attached hydrogens (tertiary/aromatic N) is 1. The number of ether oxygens (including phenoxy) is 1. The zero-order chi connectivity index (χ0) is 11.3. The summed E-state index contributed by atoms with van der Waals surface area (Å²) in [6.45, 7) is 7.56. The van der Waals surface area contributed by atoms with Gasteiger partial charge in [0.25, 0.3) is 0 Å². The number of thiazole rings is 1. The molecule has 0 aromatic carbocycles. The Morgan fingerprint density at radius 2 is 2.27 bits per heavy atom. The van der Waals surface area contributed by atoms with Crippen LogP contribution >= 0.6 is 11.3 Å². The predicted molar refractivity (Wildman–Crippen MR) is 64.0 cm³/mol. The van der Waals surface area contributed by atoms with E-state index >= 15 is 0 Å². The van der Waals surface area contributed by atoms with Crippen LogP contribution in [0.4, 0.5) is 0 Å². The molecule has 2 N–H and O–H groups in total. The normalized spacial score (nSPS) is 12.0. The van der Waals surface area contributed by atoms with Crippen molar-refractivity contribution in [3.05, 3.63) is 16.1 Å². The van der Waals surface area contributed by atoms with Crippen molar-refractivity contribution in [3.8, 4) is 0 Å². The predicted octanol–water partition coefficient (Wildman–Crippen LogP) is 2.35. The van der Waals surface area contributed by atoms with Gasteiger partial charge in [0.2, 0.25) is 0 Å². The Labute approximate surface area is 95.7 Å². The van der Waals surface area contributed by atoms with Gasteiger partial charge in [0.05, 0.1) is 12.3 Å². The summed E-state index contributed by atoms with van der Waals surface area (Å²) in [5, 5.41) is 3.11. The van der Waals surface area contributed by atoms with E-state index in [9.17, 15) is 0 Å². The van der Waals surface area contributed by atoms with Gasteiger partial charge in [-0.3, -0.25) is 0 Å². The van der Waals surface area contributed by atoms with Gasteiger partial charge in [-0.1, -0.05) is 6.92 Å². The van der Waals surface area contributed by atoms with E-state index in [1.54, 1.807) is 11.3 Å².